The summed E-state index contributed by atoms with van der Waals surface area (Å²) in [5.74, 6) is 0. The number of hydrogen-bond acceptors (Lipinski definition) is 6. The fourth-order valence-electron chi connectivity index (χ4n) is 7.67. The van der Waals surface area contributed by atoms with Crippen LogP contribution in [0.25, 0.3) is 74.7 Å². The first-order chi connectivity index (χ1) is 27.7. The molecule has 8 aromatic rings. The van der Waals surface area contributed by atoms with Gasteiger partial charge in [-0.2, -0.15) is 0 Å². The van der Waals surface area contributed by atoms with Gasteiger partial charge in [0.2, 0.25) is 0 Å². The van der Waals surface area contributed by atoms with Crippen LogP contribution < -0.4 is 4.90 Å². The molecule has 7 aromatic carbocycles. The summed E-state index contributed by atoms with van der Waals surface area (Å²) in [5, 5.41) is 10.3. The van der Waals surface area contributed by atoms with Crippen molar-refractivity contribution in [2.24, 2.45) is 0 Å². The maximum absolute atomic E-state index is 6.02. The molecule has 1 aromatic heterocycles. The zero-order valence-corrected chi connectivity index (χ0v) is 36.5. The maximum Gasteiger partial charge on any atom is 0.0701 e. The normalized spacial score (nSPS) is 11.8. The van der Waals surface area contributed by atoms with E-state index in [0.29, 0.717) is 39.6 Å². The van der Waals surface area contributed by atoms with E-state index in [1.165, 1.54) is 80.4 Å². The van der Waals surface area contributed by atoms with Gasteiger partial charge in [0.15, 0.2) is 0 Å². The van der Waals surface area contributed by atoms with Gasteiger partial charge in [-0.15, -0.1) is 11.3 Å². The van der Waals surface area contributed by atoms with Crippen LogP contribution in [0, 0.1) is 0 Å². The molecule has 1 heterocycles. The summed E-state index contributed by atoms with van der Waals surface area (Å²) in [6.07, 6.45) is 0. The fraction of sp³-hybridized carbons (Fsp3) is 0.250. The average molecular weight is 986 g/mol. The summed E-state index contributed by atoms with van der Waals surface area (Å²) in [7, 11) is 0. The van der Waals surface area contributed by atoms with E-state index >= 15 is 0 Å². The highest BCUT2D eigenvalue weighted by Crippen LogP contribution is 2.44. The van der Waals surface area contributed by atoms with Crippen molar-refractivity contribution in [1.82, 2.24) is 0 Å². The Balaban J connectivity index is 1.07. The second kappa shape index (κ2) is 19.4. The lowest BCUT2D eigenvalue weighted by atomic mass is 9.92. The van der Waals surface area contributed by atoms with Crippen LogP contribution in [-0.2, 0) is 18.9 Å². The second-order valence-electron chi connectivity index (χ2n) is 13.7. The van der Waals surface area contributed by atoms with Crippen molar-refractivity contribution >= 4 is 115 Å². The fourth-order valence-corrected chi connectivity index (χ4v) is 9.67. The molecular weight excluding hydrogens is 940 g/mol. The molecule has 0 saturated carbocycles. The summed E-state index contributed by atoms with van der Waals surface area (Å²) in [6.45, 7) is 6.73. The summed E-state index contributed by atoms with van der Waals surface area (Å²) in [4.78, 5) is 2.42. The Labute approximate surface area is 360 Å². The third kappa shape index (κ3) is 8.72. The standard InChI is InChI=1S/C48H45I2NO4S/c49-21-25-52-29-31-54-27-23-51(24-28-55-32-30-53-26-22-50)46-14-6-13-44-43-12-5-11-37(47(43)56-48(44)46)35-17-15-34(16-18-35)36-19-20-42-40-9-2-1-7-38(40)39-8-3-4-10-41(39)45(42)33-36/h1-20,33H,21-32H2. The first-order valence-corrected chi connectivity index (χ1v) is 23.2. The number of thiophene rings is 1. The minimum absolute atomic E-state index is 0.597. The molecule has 0 radical (unpaired) electrons. The lowest BCUT2D eigenvalue weighted by Gasteiger charge is -2.25. The number of hydrogen-bond donors (Lipinski definition) is 0. The Bertz CT molecular complexity index is 2500. The summed E-state index contributed by atoms with van der Waals surface area (Å²) >= 11 is 6.54. The Kier molecular flexibility index (Phi) is 13.7. The lowest BCUT2D eigenvalue weighted by molar-refractivity contribution is 0.0521. The molecule has 0 atom stereocenters. The van der Waals surface area contributed by atoms with Crippen LogP contribution in [0.1, 0.15) is 0 Å². The van der Waals surface area contributed by atoms with E-state index in [4.69, 9.17) is 18.9 Å². The van der Waals surface area contributed by atoms with Crippen LogP contribution in [0.3, 0.4) is 0 Å². The number of fused-ring (bicyclic) bond motifs is 9. The molecule has 0 bridgehead atoms. The van der Waals surface area contributed by atoms with Crippen LogP contribution in [0.2, 0.25) is 0 Å². The van der Waals surface area contributed by atoms with E-state index in [0.717, 1.165) is 35.2 Å². The van der Waals surface area contributed by atoms with Crippen LogP contribution in [0.4, 0.5) is 5.69 Å². The van der Waals surface area contributed by atoms with Gasteiger partial charge in [0.05, 0.1) is 63.2 Å². The third-order valence-corrected chi connectivity index (χ3v) is 12.5. The van der Waals surface area contributed by atoms with Crippen molar-refractivity contribution in [3.05, 3.63) is 127 Å². The maximum atomic E-state index is 6.02. The van der Waals surface area contributed by atoms with Crippen molar-refractivity contribution in [3.8, 4) is 22.3 Å². The van der Waals surface area contributed by atoms with Gasteiger partial charge in [-0.25, -0.2) is 0 Å². The first-order valence-electron chi connectivity index (χ1n) is 19.3. The molecule has 0 amide bonds. The topological polar surface area (TPSA) is 40.2 Å². The first kappa shape index (κ1) is 39.5. The van der Waals surface area contributed by atoms with Crippen molar-refractivity contribution in [1.29, 1.82) is 0 Å². The van der Waals surface area contributed by atoms with Gasteiger partial charge in [0.1, 0.15) is 0 Å². The summed E-state index contributed by atoms with van der Waals surface area (Å²) in [6, 6.07) is 47.0. The number of anilines is 1. The van der Waals surface area contributed by atoms with Gasteiger partial charge in [-0.3, -0.25) is 0 Å². The third-order valence-electron chi connectivity index (χ3n) is 10.3. The molecule has 0 aliphatic heterocycles. The molecule has 5 nitrogen and oxygen atoms in total. The van der Waals surface area contributed by atoms with Gasteiger partial charge >= 0.3 is 0 Å². The number of alkyl halides is 2. The Morgan fingerprint density at radius 1 is 0.393 bits per heavy atom. The number of benzene rings is 7. The predicted molar refractivity (Wildman–Crippen MR) is 256 cm³/mol. The molecule has 286 valence electrons. The molecule has 0 aliphatic rings. The molecular formula is C48H45I2NO4S. The van der Waals surface area contributed by atoms with E-state index in [1.807, 2.05) is 11.3 Å². The van der Waals surface area contributed by atoms with E-state index < -0.39 is 0 Å². The zero-order valence-electron chi connectivity index (χ0n) is 31.4. The van der Waals surface area contributed by atoms with E-state index in [2.05, 4.69) is 177 Å². The molecule has 8 rings (SSSR count). The lowest BCUT2D eigenvalue weighted by Crippen LogP contribution is -2.31. The minimum Gasteiger partial charge on any atom is -0.378 e. The van der Waals surface area contributed by atoms with Crippen LogP contribution >= 0.6 is 56.5 Å². The highest BCUT2D eigenvalue weighted by molar-refractivity contribution is 14.1. The summed E-state index contributed by atoms with van der Waals surface area (Å²) < 4.78 is 27.9. The van der Waals surface area contributed by atoms with Crippen LogP contribution in [0.5, 0.6) is 0 Å². The molecule has 0 spiro atoms. The number of ether oxygens (including phenoxy) is 4. The molecule has 8 heteroatoms. The van der Waals surface area contributed by atoms with Gasteiger partial charge < -0.3 is 23.8 Å². The molecule has 0 unspecified atom stereocenters. The Morgan fingerprint density at radius 2 is 0.857 bits per heavy atom. The van der Waals surface area contributed by atoms with Crippen molar-refractivity contribution in [2.45, 2.75) is 0 Å². The minimum atomic E-state index is 0.597. The SMILES string of the molecule is ICCOCCOCCN(CCOCCOCCI)c1cccc2c1sc1c(-c3ccc(-c4ccc5c6ccccc6c6ccccc6c5c4)cc3)cccc12. The van der Waals surface area contributed by atoms with Gasteiger partial charge in [0.25, 0.3) is 0 Å². The van der Waals surface area contributed by atoms with Crippen molar-refractivity contribution in [3.63, 3.8) is 0 Å². The van der Waals surface area contributed by atoms with Crippen LogP contribution in [0.15, 0.2) is 127 Å². The van der Waals surface area contributed by atoms with E-state index in [1.54, 1.807) is 0 Å². The molecule has 0 saturated heterocycles. The molecule has 0 aliphatic carbocycles. The summed E-state index contributed by atoms with van der Waals surface area (Å²) in [5.41, 5.74) is 6.14. The molecule has 0 fully saturated rings. The van der Waals surface area contributed by atoms with Gasteiger partial charge in [-0.1, -0.05) is 160 Å². The molecule has 56 heavy (non-hydrogen) atoms. The van der Waals surface area contributed by atoms with Gasteiger partial charge in [-0.05, 0) is 66.7 Å². The number of halogens is 2. The average Bonchev–Trinajstić information content (AvgIpc) is 3.64. The van der Waals surface area contributed by atoms with Gasteiger partial charge in [0, 0.05) is 37.4 Å². The zero-order chi connectivity index (χ0) is 38.1. The van der Waals surface area contributed by atoms with E-state index in [9.17, 15) is 0 Å². The monoisotopic (exact) mass is 985 g/mol. The second-order valence-corrected chi connectivity index (χ2v) is 16.9. The Hall–Kier alpha value is -3.36. The largest absolute Gasteiger partial charge is 0.378 e. The molecule has 0 N–H and O–H groups in total. The highest BCUT2D eigenvalue weighted by Gasteiger charge is 2.17. The quantitative estimate of drug-likeness (QED) is 0.0349. The Morgan fingerprint density at radius 3 is 1.45 bits per heavy atom. The smallest absolute Gasteiger partial charge is 0.0701 e. The number of nitrogens with zero attached hydrogens (tertiary/aromatic N) is 1. The van der Waals surface area contributed by atoms with Crippen molar-refractivity contribution < 1.29 is 18.9 Å². The highest BCUT2D eigenvalue weighted by atomic mass is 127. The van der Waals surface area contributed by atoms with Crippen molar-refractivity contribution in [2.75, 3.05) is 79.7 Å². The predicted octanol–water partition coefficient (Wildman–Crippen LogP) is 12.6. The number of rotatable bonds is 19. The van der Waals surface area contributed by atoms with E-state index in [-0.39, 0.29) is 0 Å². The van der Waals surface area contributed by atoms with Crippen LogP contribution in [-0.4, -0.2) is 74.8 Å².